The highest BCUT2D eigenvalue weighted by molar-refractivity contribution is 5.94. The van der Waals surface area contributed by atoms with Crippen molar-refractivity contribution >= 4 is 17.7 Å². The molecule has 1 fully saturated rings. The van der Waals surface area contributed by atoms with Gasteiger partial charge in [-0.1, -0.05) is 0 Å². The topological polar surface area (TPSA) is 121 Å². The Morgan fingerprint density at radius 3 is 2.86 bits per heavy atom. The van der Waals surface area contributed by atoms with Crippen LogP contribution in [0.5, 0.6) is 0 Å². The first kappa shape index (κ1) is 13.4. The third-order valence-electron chi connectivity index (χ3n) is 3.45. The number of aromatic nitrogens is 4. The number of aryl methyl sites for hydroxylation is 1. The average Bonchev–Trinajstić information content (AvgIpc) is 3.02. The Morgan fingerprint density at radius 1 is 1.43 bits per heavy atom. The molecule has 9 nitrogen and oxygen atoms in total. The number of aliphatic hydroxyl groups excluding tert-OH is 1. The maximum absolute atomic E-state index is 12.4. The highest BCUT2D eigenvalue weighted by Crippen LogP contribution is 2.20. The molecule has 1 saturated heterocycles. The molecule has 3 rings (SSSR count). The minimum Gasteiger partial charge on any atom is -0.480 e. The van der Waals surface area contributed by atoms with Crippen LogP contribution in [0.25, 0.3) is 5.78 Å². The van der Waals surface area contributed by atoms with Crippen LogP contribution in [0.3, 0.4) is 0 Å². The molecule has 9 heteroatoms. The number of carbonyl (C=O) groups is 2. The molecule has 0 aliphatic carbocycles. The molecule has 2 aromatic heterocycles. The third-order valence-corrected chi connectivity index (χ3v) is 3.45. The van der Waals surface area contributed by atoms with Gasteiger partial charge in [-0.05, 0) is 13.0 Å². The summed E-state index contributed by atoms with van der Waals surface area (Å²) >= 11 is 0. The zero-order chi connectivity index (χ0) is 15.1. The zero-order valence-electron chi connectivity index (χ0n) is 11.2. The molecule has 110 valence electrons. The molecule has 0 radical (unpaired) electrons. The molecule has 1 amide bonds. The Morgan fingerprint density at radius 2 is 2.19 bits per heavy atom. The van der Waals surface area contributed by atoms with Gasteiger partial charge in [0.05, 0.1) is 6.10 Å². The van der Waals surface area contributed by atoms with Gasteiger partial charge < -0.3 is 15.1 Å². The Balaban J connectivity index is 1.96. The Kier molecular flexibility index (Phi) is 3.05. The van der Waals surface area contributed by atoms with Gasteiger partial charge in [-0.3, -0.25) is 4.79 Å². The summed E-state index contributed by atoms with van der Waals surface area (Å²) in [5.74, 6) is -1.64. The zero-order valence-corrected chi connectivity index (χ0v) is 11.2. The molecule has 0 unspecified atom stereocenters. The number of carboxylic acid groups (broad SMARTS) is 1. The van der Waals surface area contributed by atoms with E-state index >= 15 is 0 Å². The van der Waals surface area contributed by atoms with E-state index in [0.29, 0.717) is 0 Å². The summed E-state index contributed by atoms with van der Waals surface area (Å²) in [6.45, 7) is 1.75. The largest absolute Gasteiger partial charge is 0.480 e. The predicted octanol–water partition coefficient (Wildman–Crippen LogP) is -0.907. The van der Waals surface area contributed by atoms with E-state index in [9.17, 15) is 14.7 Å². The van der Waals surface area contributed by atoms with E-state index in [0.717, 1.165) is 10.6 Å². The number of hydrogen-bond acceptors (Lipinski definition) is 6. The molecule has 0 spiro atoms. The van der Waals surface area contributed by atoms with Crippen molar-refractivity contribution in [1.82, 2.24) is 24.5 Å². The van der Waals surface area contributed by atoms with Gasteiger partial charge in [0.1, 0.15) is 6.04 Å². The number of hydrogen-bond donors (Lipinski definition) is 2. The second kappa shape index (κ2) is 4.77. The van der Waals surface area contributed by atoms with Gasteiger partial charge in [0.2, 0.25) is 5.82 Å². The predicted molar refractivity (Wildman–Crippen MR) is 68.6 cm³/mol. The second-order valence-electron chi connectivity index (χ2n) is 4.93. The van der Waals surface area contributed by atoms with E-state index in [-0.39, 0.29) is 24.6 Å². The monoisotopic (exact) mass is 291 g/mol. The van der Waals surface area contributed by atoms with Crippen LogP contribution in [0, 0.1) is 6.92 Å². The van der Waals surface area contributed by atoms with Gasteiger partial charge in [0.25, 0.3) is 11.7 Å². The summed E-state index contributed by atoms with van der Waals surface area (Å²) in [6.07, 6.45) is 0.700. The molecule has 1 aliphatic heterocycles. The van der Waals surface area contributed by atoms with Crippen molar-refractivity contribution < 1.29 is 19.8 Å². The number of rotatable bonds is 2. The SMILES string of the molecule is Cc1ccnc2nc(C(=O)N3C[C@H](O)C[C@@H]3C(=O)O)nn12. The molecule has 0 saturated carbocycles. The van der Waals surface area contributed by atoms with E-state index in [2.05, 4.69) is 15.1 Å². The lowest BCUT2D eigenvalue weighted by Crippen LogP contribution is -2.41. The van der Waals surface area contributed by atoms with Crippen LogP contribution in [0.4, 0.5) is 0 Å². The normalized spacial score (nSPS) is 21.9. The first-order valence-electron chi connectivity index (χ1n) is 6.37. The second-order valence-corrected chi connectivity index (χ2v) is 4.93. The van der Waals surface area contributed by atoms with Crippen LogP contribution < -0.4 is 0 Å². The Hall–Kier alpha value is -2.55. The standard InChI is InChI=1S/C12H13N5O4/c1-6-2-3-13-12-14-9(15-17(6)12)10(19)16-5-7(18)4-8(16)11(20)21/h2-3,7-8,18H,4-5H2,1H3,(H,20,21)/t7-,8-/m1/s1. The van der Waals surface area contributed by atoms with Crippen molar-refractivity contribution in [1.29, 1.82) is 0 Å². The van der Waals surface area contributed by atoms with E-state index in [1.807, 2.05) is 0 Å². The molecular weight excluding hydrogens is 278 g/mol. The highest BCUT2D eigenvalue weighted by Gasteiger charge is 2.40. The number of fused-ring (bicyclic) bond motifs is 1. The van der Waals surface area contributed by atoms with Crippen LogP contribution in [0.2, 0.25) is 0 Å². The number of β-amino-alcohol motifs (C(OH)–C–C–N with tert-alkyl or cyclic N) is 1. The van der Waals surface area contributed by atoms with E-state index < -0.39 is 24.0 Å². The number of amides is 1. The Bertz CT molecular complexity index is 728. The summed E-state index contributed by atoms with van der Waals surface area (Å²) in [5, 5.41) is 22.8. The highest BCUT2D eigenvalue weighted by atomic mass is 16.4. The van der Waals surface area contributed by atoms with E-state index in [1.54, 1.807) is 19.2 Å². The number of aliphatic hydroxyl groups is 1. The fourth-order valence-corrected chi connectivity index (χ4v) is 2.40. The summed E-state index contributed by atoms with van der Waals surface area (Å²) in [5.41, 5.74) is 0.753. The fraction of sp³-hybridized carbons (Fsp3) is 0.417. The molecule has 0 bridgehead atoms. The van der Waals surface area contributed by atoms with Crippen LogP contribution in [0.1, 0.15) is 22.7 Å². The van der Waals surface area contributed by atoms with Crippen LogP contribution in [0.15, 0.2) is 12.3 Å². The van der Waals surface area contributed by atoms with Gasteiger partial charge in [0, 0.05) is 24.9 Å². The van der Waals surface area contributed by atoms with E-state index in [4.69, 9.17) is 5.11 Å². The fourth-order valence-electron chi connectivity index (χ4n) is 2.40. The third kappa shape index (κ3) is 2.21. The summed E-state index contributed by atoms with van der Waals surface area (Å²) in [4.78, 5) is 32.6. The van der Waals surface area contributed by atoms with Crippen molar-refractivity contribution in [3.63, 3.8) is 0 Å². The molecular formula is C12H13N5O4. The van der Waals surface area contributed by atoms with Gasteiger partial charge in [-0.25, -0.2) is 14.3 Å². The first-order valence-corrected chi connectivity index (χ1v) is 6.37. The lowest BCUT2D eigenvalue weighted by atomic mass is 10.2. The maximum Gasteiger partial charge on any atom is 0.326 e. The number of aliphatic carboxylic acids is 1. The number of carbonyl (C=O) groups excluding carboxylic acids is 1. The molecule has 0 aromatic carbocycles. The number of likely N-dealkylation sites (tertiary alicyclic amines) is 1. The quantitative estimate of drug-likeness (QED) is 0.734. The molecule has 2 N–H and O–H groups in total. The van der Waals surface area contributed by atoms with Crippen molar-refractivity contribution in [2.24, 2.45) is 0 Å². The van der Waals surface area contributed by atoms with Crippen LogP contribution >= 0.6 is 0 Å². The smallest absolute Gasteiger partial charge is 0.326 e. The van der Waals surface area contributed by atoms with Crippen molar-refractivity contribution in [2.75, 3.05) is 6.54 Å². The lowest BCUT2D eigenvalue weighted by molar-refractivity contribution is -0.141. The first-order chi connectivity index (χ1) is 9.97. The van der Waals surface area contributed by atoms with Gasteiger partial charge in [-0.15, -0.1) is 5.10 Å². The molecule has 2 atom stereocenters. The summed E-state index contributed by atoms with van der Waals surface area (Å²) in [6, 6.07) is 0.656. The van der Waals surface area contributed by atoms with Crippen molar-refractivity contribution in [3.05, 3.63) is 23.8 Å². The Labute approximate surface area is 118 Å². The van der Waals surface area contributed by atoms with E-state index in [1.165, 1.54) is 4.52 Å². The average molecular weight is 291 g/mol. The minimum absolute atomic E-state index is 0.00568. The molecule has 3 heterocycles. The summed E-state index contributed by atoms with van der Waals surface area (Å²) in [7, 11) is 0. The van der Waals surface area contributed by atoms with Gasteiger partial charge in [-0.2, -0.15) is 4.98 Å². The van der Waals surface area contributed by atoms with Gasteiger partial charge in [0.15, 0.2) is 0 Å². The lowest BCUT2D eigenvalue weighted by Gasteiger charge is -2.19. The van der Waals surface area contributed by atoms with Crippen LogP contribution in [-0.2, 0) is 4.79 Å². The molecule has 1 aliphatic rings. The molecule has 21 heavy (non-hydrogen) atoms. The van der Waals surface area contributed by atoms with Gasteiger partial charge >= 0.3 is 5.97 Å². The minimum atomic E-state index is -1.15. The number of carboxylic acids is 1. The van der Waals surface area contributed by atoms with Crippen molar-refractivity contribution in [2.45, 2.75) is 25.5 Å². The number of nitrogens with zero attached hydrogens (tertiary/aromatic N) is 5. The summed E-state index contributed by atoms with van der Waals surface area (Å²) < 4.78 is 1.41. The van der Waals surface area contributed by atoms with Crippen molar-refractivity contribution in [3.8, 4) is 0 Å². The van der Waals surface area contributed by atoms with Crippen LogP contribution in [-0.4, -0.2) is 65.3 Å². The molecule has 2 aromatic rings. The maximum atomic E-state index is 12.4.